The van der Waals surface area contributed by atoms with Gasteiger partial charge in [0.1, 0.15) is 19.3 Å². The average molecular weight is 1380 g/mol. The zero-order valence-electron chi connectivity index (χ0n) is 61.4. The van der Waals surface area contributed by atoms with Gasteiger partial charge in [0.15, 0.2) is 12.2 Å². The monoisotopic (exact) mass is 1380 g/mol. The second-order valence-electron chi connectivity index (χ2n) is 28.5. The van der Waals surface area contributed by atoms with E-state index >= 15 is 0 Å². The summed E-state index contributed by atoms with van der Waals surface area (Å²) in [6.07, 6.45) is 51.4. The Morgan fingerprint density at radius 3 is 0.723 bits per heavy atom. The minimum Gasteiger partial charge on any atom is -0.462 e. The van der Waals surface area contributed by atoms with Gasteiger partial charge in [-0.3, -0.25) is 37.3 Å². The molecule has 0 rings (SSSR count). The molecular weight excluding hydrogens is 1230 g/mol. The van der Waals surface area contributed by atoms with Crippen LogP contribution in [-0.4, -0.2) is 96.7 Å². The first-order valence-corrected chi connectivity index (χ1v) is 41.8. The highest BCUT2D eigenvalue weighted by Gasteiger charge is 2.30. The number of aliphatic hydroxyl groups excluding tert-OH is 1. The van der Waals surface area contributed by atoms with E-state index in [2.05, 4.69) is 48.5 Å². The number of unbranched alkanes of at least 4 members (excludes halogenated alkanes) is 41. The van der Waals surface area contributed by atoms with Crippen molar-refractivity contribution in [3.8, 4) is 0 Å². The predicted molar refractivity (Wildman–Crippen MR) is 381 cm³/mol. The van der Waals surface area contributed by atoms with Gasteiger partial charge < -0.3 is 33.8 Å². The van der Waals surface area contributed by atoms with Gasteiger partial charge in [0.2, 0.25) is 0 Å². The minimum atomic E-state index is -4.96. The van der Waals surface area contributed by atoms with E-state index in [9.17, 15) is 43.2 Å². The number of aliphatic hydroxyl groups is 1. The van der Waals surface area contributed by atoms with E-state index in [1.807, 2.05) is 0 Å². The van der Waals surface area contributed by atoms with Gasteiger partial charge in [-0.1, -0.05) is 331 Å². The average Bonchev–Trinajstić information content (AvgIpc) is 2.15. The zero-order chi connectivity index (χ0) is 69.4. The highest BCUT2D eigenvalue weighted by molar-refractivity contribution is 7.47. The molecular formula is C75H146O17P2. The van der Waals surface area contributed by atoms with Crippen molar-refractivity contribution in [3.05, 3.63) is 0 Å². The first-order valence-electron chi connectivity index (χ1n) is 38.8. The largest absolute Gasteiger partial charge is 0.472 e. The topological polar surface area (TPSA) is 237 Å². The lowest BCUT2D eigenvalue weighted by atomic mass is 10.0. The Labute approximate surface area is 575 Å². The third-order valence-corrected chi connectivity index (χ3v) is 19.3. The fraction of sp³-hybridized carbons (Fsp3) is 0.947. The van der Waals surface area contributed by atoms with Crippen LogP contribution in [0, 0.1) is 17.8 Å². The fourth-order valence-electron chi connectivity index (χ4n) is 11.4. The second kappa shape index (κ2) is 65.7. The summed E-state index contributed by atoms with van der Waals surface area (Å²) in [5.41, 5.74) is 0. The molecule has 0 fully saturated rings. The molecule has 2 unspecified atom stereocenters. The summed E-state index contributed by atoms with van der Waals surface area (Å²) in [6.45, 7) is 11.9. The molecule has 0 radical (unpaired) electrons. The summed E-state index contributed by atoms with van der Waals surface area (Å²) in [6, 6.07) is 0. The Hall–Kier alpha value is -1.94. The summed E-state index contributed by atoms with van der Waals surface area (Å²) in [4.78, 5) is 72.7. The quantitative estimate of drug-likeness (QED) is 0.0222. The number of carbonyl (C=O) groups excluding carboxylic acids is 4. The van der Waals surface area contributed by atoms with Crippen molar-refractivity contribution in [2.45, 2.75) is 401 Å². The molecule has 0 aromatic carbocycles. The number of phosphoric acid groups is 2. The van der Waals surface area contributed by atoms with E-state index in [0.717, 1.165) is 108 Å². The van der Waals surface area contributed by atoms with Gasteiger partial charge in [0.25, 0.3) is 0 Å². The molecule has 0 heterocycles. The van der Waals surface area contributed by atoms with Crippen LogP contribution in [0.2, 0.25) is 0 Å². The van der Waals surface area contributed by atoms with Gasteiger partial charge in [-0.15, -0.1) is 0 Å². The molecule has 0 aliphatic heterocycles. The Bertz CT molecular complexity index is 1840. The molecule has 5 atom stereocenters. The molecule has 94 heavy (non-hydrogen) atoms. The van der Waals surface area contributed by atoms with Gasteiger partial charge in [0, 0.05) is 25.7 Å². The molecule has 17 nitrogen and oxygen atoms in total. The van der Waals surface area contributed by atoms with Crippen LogP contribution in [0.1, 0.15) is 382 Å². The van der Waals surface area contributed by atoms with Gasteiger partial charge in [-0.05, 0) is 43.4 Å². The maximum absolute atomic E-state index is 13.1. The molecule has 0 saturated carbocycles. The van der Waals surface area contributed by atoms with Gasteiger partial charge in [0.05, 0.1) is 26.4 Å². The Morgan fingerprint density at radius 1 is 0.287 bits per heavy atom. The maximum Gasteiger partial charge on any atom is 0.472 e. The fourth-order valence-corrected chi connectivity index (χ4v) is 13.0. The minimum absolute atomic E-state index is 0.104. The van der Waals surface area contributed by atoms with Crippen LogP contribution in [0.15, 0.2) is 0 Å². The Kier molecular flexibility index (Phi) is 64.3. The number of hydrogen-bond donors (Lipinski definition) is 3. The van der Waals surface area contributed by atoms with Crippen LogP contribution in [0.4, 0.5) is 0 Å². The van der Waals surface area contributed by atoms with Crippen LogP contribution >= 0.6 is 15.6 Å². The van der Waals surface area contributed by atoms with E-state index < -0.39 is 97.5 Å². The first-order chi connectivity index (χ1) is 45.2. The first kappa shape index (κ1) is 92.1. The Balaban J connectivity index is 5.23. The van der Waals surface area contributed by atoms with Crippen molar-refractivity contribution in [3.63, 3.8) is 0 Å². The normalized spacial score (nSPS) is 14.1. The van der Waals surface area contributed by atoms with Crippen molar-refractivity contribution < 1.29 is 80.2 Å². The zero-order valence-corrected chi connectivity index (χ0v) is 63.2. The molecule has 0 bridgehead atoms. The van der Waals surface area contributed by atoms with Gasteiger partial charge in [-0.25, -0.2) is 9.13 Å². The van der Waals surface area contributed by atoms with Crippen LogP contribution in [0.25, 0.3) is 0 Å². The van der Waals surface area contributed by atoms with E-state index in [4.69, 9.17) is 37.0 Å². The summed E-state index contributed by atoms with van der Waals surface area (Å²) in [7, 11) is -9.91. The van der Waals surface area contributed by atoms with Crippen molar-refractivity contribution in [1.29, 1.82) is 0 Å². The van der Waals surface area contributed by atoms with Gasteiger partial charge in [-0.2, -0.15) is 0 Å². The van der Waals surface area contributed by atoms with Gasteiger partial charge >= 0.3 is 39.5 Å². The third-order valence-electron chi connectivity index (χ3n) is 17.4. The number of hydrogen-bond acceptors (Lipinski definition) is 15. The number of phosphoric ester groups is 2. The van der Waals surface area contributed by atoms with Crippen LogP contribution < -0.4 is 0 Å². The standard InChI is InChI=1S/C75H146O17P2/c1-8-9-10-11-12-13-27-35-42-49-56-72(77)85-63-71(92-75(80)59-52-45-38-31-30-34-41-48-55-68(6)7)65-90-94(83,84)88-61-69(76)60-87-93(81,82)89-64-70(62-86-73(78)57-50-43-36-28-24-20-22-26-33-40-47-54-67(4)5)91-74(79)58-51-44-37-29-23-19-17-15-14-16-18-21-25-32-39-46-53-66(2)3/h66-71,76H,8-65H2,1-7H3,(H,81,82)(H,83,84)/t69-,70-,71-/m1/s1. The number of ether oxygens (including phenoxy) is 4. The molecule has 3 N–H and O–H groups in total. The molecule has 558 valence electrons. The summed E-state index contributed by atoms with van der Waals surface area (Å²) >= 11 is 0. The molecule has 0 aliphatic rings. The number of esters is 4. The summed E-state index contributed by atoms with van der Waals surface area (Å²) in [5.74, 6) is 0.178. The molecule has 0 amide bonds. The molecule has 0 aromatic heterocycles. The SMILES string of the molecule is CCCCCCCCCCCCC(=O)OC[C@H](COP(=O)(O)OC[C@H](O)COP(=O)(O)OC[C@@H](COC(=O)CCCCCCCCCCCCCC(C)C)OC(=O)CCCCCCCCCCCCCCCCCCC(C)C)OC(=O)CCCCCCCCCCC(C)C. The van der Waals surface area contributed by atoms with Crippen molar-refractivity contribution in [2.75, 3.05) is 39.6 Å². The van der Waals surface area contributed by atoms with Crippen LogP contribution in [0.5, 0.6) is 0 Å². The maximum atomic E-state index is 13.1. The lowest BCUT2D eigenvalue weighted by Gasteiger charge is -2.21. The van der Waals surface area contributed by atoms with Crippen molar-refractivity contribution in [1.82, 2.24) is 0 Å². The van der Waals surface area contributed by atoms with Crippen LogP contribution in [-0.2, 0) is 65.4 Å². The summed E-state index contributed by atoms with van der Waals surface area (Å²) in [5, 5.41) is 10.6. The molecule has 0 aromatic rings. The highest BCUT2D eigenvalue weighted by atomic mass is 31.2. The van der Waals surface area contributed by atoms with Crippen molar-refractivity contribution >= 4 is 39.5 Å². The van der Waals surface area contributed by atoms with E-state index in [1.165, 1.54) is 193 Å². The van der Waals surface area contributed by atoms with Crippen LogP contribution in [0.3, 0.4) is 0 Å². The third kappa shape index (κ3) is 68.6. The Morgan fingerprint density at radius 2 is 0.489 bits per heavy atom. The molecule has 0 saturated heterocycles. The van der Waals surface area contributed by atoms with E-state index in [0.29, 0.717) is 25.7 Å². The predicted octanol–water partition coefficient (Wildman–Crippen LogP) is 21.8. The number of rotatable bonds is 73. The lowest BCUT2D eigenvalue weighted by molar-refractivity contribution is -0.161. The summed E-state index contributed by atoms with van der Waals surface area (Å²) < 4.78 is 68.4. The number of carbonyl (C=O) groups is 4. The van der Waals surface area contributed by atoms with Crippen molar-refractivity contribution in [2.24, 2.45) is 17.8 Å². The lowest BCUT2D eigenvalue weighted by Crippen LogP contribution is -2.30. The second-order valence-corrected chi connectivity index (χ2v) is 31.4. The van der Waals surface area contributed by atoms with E-state index in [-0.39, 0.29) is 25.7 Å². The molecule has 0 spiro atoms. The van der Waals surface area contributed by atoms with E-state index in [1.54, 1.807) is 0 Å². The molecule has 0 aliphatic carbocycles. The highest BCUT2D eigenvalue weighted by Crippen LogP contribution is 2.45. The smallest absolute Gasteiger partial charge is 0.462 e. The molecule has 19 heteroatoms.